The minimum absolute atomic E-state index is 0.394. The number of nitrogens with zero attached hydrogens (tertiary/aromatic N) is 1. The van der Waals surface area contributed by atoms with Gasteiger partial charge in [0.2, 0.25) is 0 Å². The molecular weight excluding hydrogens is 374 g/mol. The van der Waals surface area contributed by atoms with Crippen molar-refractivity contribution >= 4 is 17.7 Å². The van der Waals surface area contributed by atoms with E-state index in [0.29, 0.717) is 29.0 Å². The summed E-state index contributed by atoms with van der Waals surface area (Å²) >= 11 is 1.83. The molecule has 6 nitrogen and oxygen atoms in total. The number of benzene rings is 2. The molecule has 0 spiro atoms. The van der Waals surface area contributed by atoms with Gasteiger partial charge in [-0.25, -0.2) is 0 Å². The molecule has 0 aliphatic carbocycles. The summed E-state index contributed by atoms with van der Waals surface area (Å²) in [7, 11) is 6.64. The first-order chi connectivity index (χ1) is 13.6. The van der Waals surface area contributed by atoms with Crippen LogP contribution in [0, 0.1) is 0 Å². The Hall–Kier alpha value is -2.54. The van der Waals surface area contributed by atoms with E-state index in [2.05, 4.69) is 46.8 Å². The van der Waals surface area contributed by atoms with Gasteiger partial charge in [-0.1, -0.05) is 25.1 Å². The second-order valence-electron chi connectivity index (χ2n) is 6.06. The molecular formula is C21H29N3O3S. The molecule has 0 aromatic heterocycles. The number of nitrogens with one attached hydrogen (secondary N) is 2. The van der Waals surface area contributed by atoms with Gasteiger partial charge in [-0.3, -0.25) is 4.99 Å². The highest BCUT2D eigenvalue weighted by Gasteiger charge is 2.14. The van der Waals surface area contributed by atoms with Crippen molar-refractivity contribution in [1.82, 2.24) is 10.6 Å². The fourth-order valence-corrected chi connectivity index (χ4v) is 3.60. The lowest BCUT2D eigenvalue weighted by atomic mass is 10.1. The average molecular weight is 404 g/mol. The zero-order valence-corrected chi connectivity index (χ0v) is 17.9. The van der Waals surface area contributed by atoms with Crippen LogP contribution in [0.1, 0.15) is 12.5 Å². The van der Waals surface area contributed by atoms with E-state index < -0.39 is 0 Å². The zero-order chi connectivity index (χ0) is 20.4. The van der Waals surface area contributed by atoms with Gasteiger partial charge in [0, 0.05) is 35.9 Å². The molecule has 0 aliphatic rings. The fraction of sp³-hybridized carbons (Fsp3) is 0.381. The highest BCUT2D eigenvalue weighted by atomic mass is 32.2. The van der Waals surface area contributed by atoms with Crippen LogP contribution in [-0.4, -0.2) is 46.1 Å². The summed E-state index contributed by atoms with van der Waals surface area (Å²) in [6.07, 6.45) is 0. The largest absolute Gasteiger partial charge is 0.496 e. The van der Waals surface area contributed by atoms with Gasteiger partial charge in [0.25, 0.3) is 0 Å². The molecule has 2 aromatic rings. The standard InChI is InChI=1S/C21H29N3O3S/c1-15(28-17-9-7-6-8-10-17)13-23-21(22-2)24-14-18-19(26-4)11-16(25-3)12-20(18)27-5/h6-12,15H,13-14H2,1-5H3,(H2,22,23,24). The van der Waals surface area contributed by atoms with Crippen molar-refractivity contribution in [1.29, 1.82) is 0 Å². The van der Waals surface area contributed by atoms with Crippen molar-refractivity contribution in [2.24, 2.45) is 4.99 Å². The van der Waals surface area contributed by atoms with Crippen LogP contribution in [0.2, 0.25) is 0 Å². The predicted molar refractivity (Wildman–Crippen MR) is 116 cm³/mol. The van der Waals surface area contributed by atoms with Gasteiger partial charge in [0.15, 0.2) is 5.96 Å². The molecule has 0 bridgehead atoms. The molecule has 152 valence electrons. The van der Waals surface area contributed by atoms with Gasteiger partial charge in [-0.05, 0) is 12.1 Å². The van der Waals surface area contributed by atoms with Crippen LogP contribution in [0.25, 0.3) is 0 Å². The maximum Gasteiger partial charge on any atom is 0.191 e. The van der Waals surface area contributed by atoms with Gasteiger partial charge in [0.05, 0.1) is 33.4 Å². The van der Waals surface area contributed by atoms with Crippen LogP contribution < -0.4 is 24.8 Å². The fourth-order valence-electron chi connectivity index (χ4n) is 2.66. The summed E-state index contributed by atoms with van der Waals surface area (Å²) < 4.78 is 16.3. The van der Waals surface area contributed by atoms with E-state index in [1.54, 1.807) is 28.4 Å². The normalized spacial score (nSPS) is 12.2. The molecule has 0 saturated heterocycles. The number of thioether (sulfide) groups is 1. The van der Waals surface area contributed by atoms with Crippen molar-refractivity contribution < 1.29 is 14.2 Å². The number of methoxy groups -OCH3 is 3. The second-order valence-corrected chi connectivity index (χ2v) is 7.57. The van der Waals surface area contributed by atoms with Gasteiger partial charge in [-0.2, -0.15) is 0 Å². The number of guanidine groups is 1. The SMILES string of the molecule is CN=C(NCc1c(OC)cc(OC)cc1OC)NCC(C)Sc1ccccc1. The summed E-state index contributed by atoms with van der Waals surface area (Å²) in [6.45, 7) is 3.49. The van der Waals surface area contributed by atoms with Gasteiger partial charge in [0.1, 0.15) is 17.2 Å². The zero-order valence-electron chi connectivity index (χ0n) is 17.1. The Bertz CT molecular complexity index is 744. The lowest BCUT2D eigenvalue weighted by Crippen LogP contribution is -2.39. The van der Waals surface area contributed by atoms with Crippen LogP contribution in [-0.2, 0) is 6.54 Å². The molecule has 1 unspecified atom stereocenters. The molecule has 0 amide bonds. The van der Waals surface area contributed by atoms with Crippen molar-refractivity contribution in [3.05, 3.63) is 48.0 Å². The minimum Gasteiger partial charge on any atom is -0.496 e. The van der Waals surface area contributed by atoms with E-state index in [0.717, 1.165) is 18.1 Å². The molecule has 0 aliphatic heterocycles. The monoisotopic (exact) mass is 403 g/mol. The number of hydrogen-bond acceptors (Lipinski definition) is 5. The summed E-state index contributed by atoms with van der Waals surface area (Å²) in [5.74, 6) is 2.81. The first-order valence-electron chi connectivity index (χ1n) is 9.06. The maximum absolute atomic E-state index is 5.50. The van der Waals surface area contributed by atoms with E-state index in [-0.39, 0.29) is 0 Å². The van der Waals surface area contributed by atoms with Crippen LogP contribution in [0.3, 0.4) is 0 Å². The van der Waals surface area contributed by atoms with Crippen LogP contribution in [0.4, 0.5) is 0 Å². The lowest BCUT2D eigenvalue weighted by molar-refractivity contribution is 0.368. The molecule has 0 heterocycles. The average Bonchev–Trinajstić information content (AvgIpc) is 2.74. The molecule has 2 rings (SSSR count). The third-order valence-electron chi connectivity index (χ3n) is 4.11. The topological polar surface area (TPSA) is 64.1 Å². The Morgan fingerprint density at radius 1 is 1.00 bits per heavy atom. The van der Waals surface area contributed by atoms with E-state index in [1.807, 2.05) is 30.0 Å². The molecule has 2 aromatic carbocycles. The van der Waals surface area contributed by atoms with Crippen molar-refractivity contribution in [3.8, 4) is 17.2 Å². The van der Waals surface area contributed by atoms with Crippen LogP contribution in [0.5, 0.6) is 17.2 Å². The van der Waals surface area contributed by atoms with Gasteiger partial charge < -0.3 is 24.8 Å². The summed E-state index contributed by atoms with van der Waals surface area (Å²) in [5.41, 5.74) is 0.903. The Balaban J connectivity index is 1.95. The molecule has 0 radical (unpaired) electrons. The van der Waals surface area contributed by atoms with Gasteiger partial charge in [-0.15, -0.1) is 11.8 Å². The number of rotatable bonds is 9. The third kappa shape index (κ3) is 6.27. The summed E-state index contributed by atoms with van der Waals surface area (Å²) in [4.78, 5) is 5.56. The van der Waals surface area contributed by atoms with Gasteiger partial charge >= 0.3 is 0 Å². The van der Waals surface area contributed by atoms with Crippen molar-refractivity contribution in [2.45, 2.75) is 23.6 Å². The summed E-state index contributed by atoms with van der Waals surface area (Å²) in [6, 6.07) is 14.1. The van der Waals surface area contributed by atoms with E-state index >= 15 is 0 Å². The highest BCUT2D eigenvalue weighted by Crippen LogP contribution is 2.33. The Labute approximate surface area is 171 Å². The second kappa shape index (κ2) is 11.3. The molecule has 7 heteroatoms. The van der Waals surface area contributed by atoms with E-state index in [9.17, 15) is 0 Å². The molecule has 0 fully saturated rings. The number of aliphatic imine (C=N–C) groups is 1. The Morgan fingerprint density at radius 3 is 2.18 bits per heavy atom. The van der Waals surface area contributed by atoms with E-state index in [1.165, 1.54) is 4.90 Å². The maximum atomic E-state index is 5.50. The highest BCUT2D eigenvalue weighted by molar-refractivity contribution is 8.00. The van der Waals surface area contributed by atoms with E-state index in [4.69, 9.17) is 14.2 Å². The quantitative estimate of drug-likeness (QED) is 0.379. The third-order valence-corrected chi connectivity index (χ3v) is 5.22. The first kappa shape index (κ1) is 21.8. The lowest BCUT2D eigenvalue weighted by Gasteiger charge is -2.18. The molecule has 1 atom stereocenters. The predicted octanol–water partition coefficient (Wildman–Crippen LogP) is 3.56. The molecule has 2 N–H and O–H groups in total. The Morgan fingerprint density at radius 2 is 1.64 bits per heavy atom. The molecule has 28 heavy (non-hydrogen) atoms. The smallest absolute Gasteiger partial charge is 0.191 e. The van der Waals surface area contributed by atoms with Crippen LogP contribution in [0.15, 0.2) is 52.4 Å². The minimum atomic E-state index is 0.394. The van der Waals surface area contributed by atoms with Crippen molar-refractivity contribution in [2.75, 3.05) is 34.9 Å². The first-order valence-corrected chi connectivity index (χ1v) is 9.94. The molecule has 0 saturated carbocycles. The van der Waals surface area contributed by atoms with Crippen molar-refractivity contribution in [3.63, 3.8) is 0 Å². The Kier molecular flexibility index (Phi) is 8.81. The summed E-state index contributed by atoms with van der Waals surface area (Å²) in [5, 5.41) is 7.08. The van der Waals surface area contributed by atoms with Crippen LogP contribution >= 0.6 is 11.8 Å². The number of ether oxygens (including phenoxy) is 3. The number of hydrogen-bond donors (Lipinski definition) is 2.